The molecule has 0 rings (SSSR count). The summed E-state index contributed by atoms with van der Waals surface area (Å²) in [5.41, 5.74) is -1.61. The zero-order valence-electron chi connectivity index (χ0n) is 95.3. The van der Waals surface area contributed by atoms with Gasteiger partial charge in [0.05, 0.1) is 59.3 Å². The molecule has 0 aliphatic rings. The molecule has 0 saturated heterocycles. The summed E-state index contributed by atoms with van der Waals surface area (Å²) in [6, 6.07) is 0.396. The SMILES string of the molecule is CCC(C)(C)C(=O)NCCCN(C)C.CCC(C)(C)C(=O)OCCCN(C)C.CCC(C)(C)C(=O)OCCN(C)C.CCC(C)(C)C(=O)OCN(C)C(C)C.CCC(C)C(=O)NCCCN(C)C.CCC(C)C(=O)NCN(C)C.CCC(C)C(=O)OCCCN(C)C.CCC(C)C(=O)OCCN(C)C.CCC(C)C(=O)OCCN(CC)CC.CCN(CC)CCOC(=O)C(C)(C)CC. The van der Waals surface area contributed by atoms with Gasteiger partial charge in [0.1, 0.15) is 33.2 Å². The van der Waals surface area contributed by atoms with Crippen molar-refractivity contribution in [2.45, 2.75) is 311 Å². The van der Waals surface area contributed by atoms with E-state index in [0.29, 0.717) is 59.1 Å². The van der Waals surface area contributed by atoms with Crippen LogP contribution < -0.4 is 16.0 Å². The standard InChI is InChI=1S/C12H25NO2.C11H24N2O.3C11H23NO2.C10H22N2O.2C10H21NO2.C9H19NO2.C8H18N2O/c1-6-12(4,5)11(14)15-10-9-13(7-2)8-3;1-6-11(2,3)10(14)12-8-7-9-13(4)5;1-7-11(4,5)10(13)14-8-12(6)9(2)3;1-6-11(2,3)10(13)14-9-7-8-12(4)5;1-5-10(4)11(13)14-9-8-12(6-2)7-3;1-5-9(2)10(13)11-7-6-8-12(3)4;1-6-10(2,3)9(12)13-8-7-11(4)5;1-5-9(2)10(12)13-8-6-7-11(3)4;1-5-8(2)9(11)12-7-6-10(3)4;1-5-7(2)8(11)9-6-10(3)4/h6-10H2,1-5H3;6-9H2,1-5H3,(H,12,14);9H,7-8H2,1-6H3;6-9H2,1-5H3;10H,5-9H2,1-4H3;9H,5-8H2,1-4H3,(H,11,13);6-8H2,1-5H3;9H,5-8H2,1-4H3;8H,5-7H2,1-4H3;7H,5-6H2,1-4H3,(H,9,11). The highest BCUT2D eigenvalue weighted by Crippen LogP contribution is 2.25. The van der Waals surface area contributed by atoms with Crippen molar-refractivity contribution < 1.29 is 81.1 Å². The van der Waals surface area contributed by atoms with Crippen LogP contribution in [0.1, 0.15) is 305 Å². The van der Waals surface area contributed by atoms with Gasteiger partial charge in [-0.05, 0) is 304 Å². The summed E-state index contributed by atoms with van der Waals surface area (Å²) in [4.78, 5) is 135. The molecule has 0 aromatic rings. The molecule has 0 saturated carbocycles. The van der Waals surface area contributed by atoms with Crippen molar-refractivity contribution >= 4 is 59.5 Å². The number of nitrogens with zero attached hydrogens (tertiary/aromatic N) is 10. The Bertz CT molecular complexity index is 2740. The summed E-state index contributed by atoms with van der Waals surface area (Å²) in [6.45, 7) is 78.4. The maximum absolute atomic E-state index is 11.6. The summed E-state index contributed by atoms with van der Waals surface area (Å²) >= 11 is 0. The van der Waals surface area contributed by atoms with Gasteiger partial charge in [0.2, 0.25) is 17.7 Å². The van der Waals surface area contributed by atoms with Crippen molar-refractivity contribution in [3.05, 3.63) is 0 Å². The number of ether oxygens (including phenoxy) is 7. The lowest BCUT2D eigenvalue weighted by Crippen LogP contribution is -2.37. The second kappa shape index (κ2) is 90.2. The zero-order valence-corrected chi connectivity index (χ0v) is 95.3. The van der Waals surface area contributed by atoms with Crippen LogP contribution in [0.5, 0.6) is 0 Å². The third kappa shape index (κ3) is 95.0. The number of amides is 3. The number of carbonyl (C=O) groups is 10. The summed E-state index contributed by atoms with van der Waals surface area (Å²) < 4.78 is 36.0. The van der Waals surface area contributed by atoms with E-state index < -0.39 is 0 Å². The van der Waals surface area contributed by atoms with Crippen LogP contribution in [0, 0.1) is 56.7 Å². The summed E-state index contributed by atoms with van der Waals surface area (Å²) in [5, 5.41) is 8.71. The number of hydrogen-bond acceptors (Lipinski definition) is 27. The fourth-order valence-corrected chi connectivity index (χ4v) is 8.53. The number of hydrogen-bond donors (Lipinski definition) is 3. The first-order valence-corrected chi connectivity index (χ1v) is 50.1. The maximum atomic E-state index is 11.6. The molecule has 3 N–H and O–H groups in total. The van der Waals surface area contributed by atoms with Gasteiger partial charge >= 0.3 is 41.8 Å². The van der Waals surface area contributed by atoms with E-state index in [1.807, 2.05) is 298 Å². The Balaban J connectivity index is -0.000000158. The number of rotatable bonds is 57. The summed E-state index contributed by atoms with van der Waals surface area (Å²) in [5.74, 6) is 0.272. The summed E-state index contributed by atoms with van der Waals surface area (Å²) in [6.07, 6.45) is 12.4. The molecule has 0 radical (unpaired) electrons. The second-order valence-corrected chi connectivity index (χ2v) is 39.7. The monoisotopic (exact) mass is 1910 g/mol. The molecule has 30 heteroatoms. The van der Waals surface area contributed by atoms with E-state index in [1.54, 1.807) is 0 Å². The van der Waals surface area contributed by atoms with Crippen LogP contribution in [0.2, 0.25) is 0 Å². The van der Waals surface area contributed by atoms with Gasteiger partial charge in [0, 0.05) is 75.7 Å². The van der Waals surface area contributed by atoms with Gasteiger partial charge in [-0.3, -0.25) is 57.7 Å². The van der Waals surface area contributed by atoms with Gasteiger partial charge in [-0.2, -0.15) is 0 Å². The van der Waals surface area contributed by atoms with E-state index in [1.165, 1.54) is 0 Å². The first kappa shape index (κ1) is 148. The third-order valence-electron chi connectivity index (χ3n) is 23.0. The van der Waals surface area contributed by atoms with Gasteiger partial charge in [0.15, 0.2) is 0 Å². The average molecular weight is 1910 g/mol. The molecule has 133 heavy (non-hydrogen) atoms. The number of likely N-dealkylation sites (N-methyl/N-ethyl adjacent to an activating group) is 4. The quantitative estimate of drug-likeness (QED) is 0.0220. The Morgan fingerprint density at radius 2 is 0.504 bits per heavy atom. The summed E-state index contributed by atoms with van der Waals surface area (Å²) in [7, 11) is 29.8. The highest BCUT2D eigenvalue weighted by Gasteiger charge is 2.31. The highest BCUT2D eigenvalue weighted by atomic mass is 16.6. The first-order valence-electron chi connectivity index (χ1n) is 50.1. The highest BCUT2D eigenvalue weighted by molar-refractivity contribution is 5.82. The van der Waals surface area contributed by atoms with E-state index >= 15 is 0 Å². The largest absolute Gasteiger partial charge is 0.465 e. The second-order valence-electron chi connectivity index (χ2n) is 39.7. The maximum Gasteiger partial charge on any atom is 0.312 e. The molecule has 30 nitrogen and oxygen atoms in total. The van der Waals surface area contributed by atoms with Crippen LogP contribution in [0.15, 0.2) is 0 Å². The lowest BCUT2D eigenvalue weighted by atomic mass is 9.89. The molecule has 0 fully saturated rings. The van der Waals surface area contributed by atoms with Crippen molar-refractivity contribution in [2.75, 3.05) is 250 Å². The van der Waals surface area contributed by atoms with E-state index in [0.717, 1.165) is 182 Å². The lowest BCUT2D eigenvalue weighted by molar-refractivity contribution is -0.159. The third-order valence-corrected chi connectivity index (χ3v) is 23.0. The molecule has 0 aliphatic heterocycles. The number of carbonyl (C=O) groups excluding carboxylic acids is 10. The normalized spacial score (nSPS) is 12.5. The molecule has 0 spiro atoms. The van der Waals surface area contributed by atoms with Crippen LogP contribution in [0.4, 0.5) is 0 Å². The molecule has 3 amide bonds. The van der Waals surface area contributed by atoms with Crippen LogP contribution in [-0.4, -0.2) is 365 Å². The molecule has 5 unspecified atom stereocenters. The molecule has 0 aromatic carbocycles. The predicted octanol–water partition coefficient (Wildman–Crippen LogP) is 15.9. The molecule has 5 atom stereocenters. The molecule has 0 heterocycles. The smallest absolute Gasteiger partial charge is 0.312 e. The number of esters is 7. The topological polar surface area (TPSA) is 304 Å². The first-order chi connectivity index (χ1) is 61.4. The Morgan fingerprint density at radius 3 is 0.774 bits per heavy atom. The van der Waals surface area contributed by atoms with Crippen LogP contribution >= 0.6 is 0 Å². The molecule has 0 aromatic heterocycles. The molecule has 0 aliphatic carbocycles. The van der Waals surface area contributed by atoms with Crippen molar-refractivity contribution in [3.63, 3.8) is 0 Å². The molecule has 798 valence electrons. The fraction of sp³-hybridized carbons (Fsp3) is 0.903. The minimum absolute atomic E-state index is 0.0340. The lowest BCUT2D eigenvalue weighted by Gasteiger charge is -2.25. The van der Waals surface area contributed by atoms with E-state index in [2.05, 4.69) is 86.9 Å². The van der Waals surface area contributed by atoms with Gasteiger partial charge < -0.3 is 88.3 Å². The average Bonchev–Trinajstić information content (AvgIpc) is 0.905. The van der Waals surface area contributed by atoms with Crippen molar-refractivity contribution in [1.82, 2.24) is 64.9 Å². The van der Waals surface area contributed by atoms with Gasteiger partial charge in [-0.15, -0.1) is 0 Å². The molecule has 0 bridgehead atoms. The minimum Gasteiger partial charge on any atom is -0.465 e. The predicted molar refractivity (Wildman–Crippen MR) is 555 cm³/mol. The number of nitrogens with one attached hydrogen (secondary N) is 3. The van der Waals surface area contributed by atoms with Crippen LogP contribution in [-0.2, 0) is 81.1 Å². The zero-order chi connectivity index (χ0) is 106. The fourth-order valence-electron chi connectivity index (χ4n) is 8.53. The molecular weight excluding hydrogens is 1690 g/mol. The Labute approximate surface area is 819 Å². The Morgan fingerprint density at radius 1 is 0.263 bits per heavy atom. The van der Waals surface area contributed by atoms with Crippen molar-refractivity contribution in [3.8, 4) is 0 Å². The van der Waals surface area contributed by atoms with Crippen molar-refractivity contribution in [2.24, 2.45) is 56.7 Å². The minimum atomic E-state index is -0.363. The van der Waals surface area contributed by atoms with E-state index in [4.69, 9.17) is 33.2 Å². The van der Waals surface area contributed by atoms with Crippen LogP contribution in [0.25, 0.3) is 0 Å². The van der Waals surface area contributed by atoms with Crippen LogP contribution in [0.3, 0.4) is 0 Å². The Hall–Kier alpha value is -5.70. The van der Waals surface area contributed by atoms with E-state index in [9.17, 15) is 47.9 Å². The van der Waals surface area contributed by atoms with Gasteiger partial charge in [0.25, 0.3) is 0 Å². The van der Waals surface area contributed by atoms with Gasteiger partial charge in [-0.1, -0.05) is 145 Å². The molecular formula is C103H219N13O17. The Kier molecular flexibility index (Phi) is 100. The van der Waals surface area contributed by atoms with E-state index in [-0.39, 0.29) is 116 Å². The van der Waals surface area contributed by atoms with Gasteiger partial charge in [-0.25, -0.2) is 0 Å². The van der Waals surface area contributed by atoms with Crippen molar-refractivity contribution in [1.29, 1.82) is 0 Å².